The van der Waals surface area contributed by atoms with Crippen LogP contribution in [0.3, 0.4) is 0 Å². The molecule has 0 aromatic heterocycles. The summed E-state index contributed by atoms with van der Waals surface area (Å²) >= 11 is 0. The average molecular weight is 211 g/mol. The third-order valence-corrected chi connectivity index (χ3v) is 3.06. The molecule has 0 heterocycles. The van der Waals surface area contributed by atoms with E-state index >= 15 is 0 Å². The Morgan fingerprint density at radius 3 is 2.27 bits per heavy atom. The highest BCUT2D eigenvalue weighted by Gasteiger charge is 2.33. The third-order valence-electron chi connectivity index (χ3n) is 3.06. The number of hydrogen-bond acceptors (Lipinski definition) is 2. The predicted molar refractivity (Wildman–Crippen MR) is 65.6 cm³/mol. The van der Waals surface area contributed by atoms with E-state index < -0.39 is 0 Å². The van der Waals surface area contributed by atoms with Crippen LogP contribution in [0.1, 0.15) is 53.4 Å². The first-order chi connectivity index (χ1) is 7.16. The van der Waals surface area contributed by atoms with E-state index in [9.17, 15) is 0 Å². The van der Waals surface area contributed by atoms with Crippen LogP contribution in [-0.2, 0) is 4.74 Å². The average Bonchev–Trinajstić information content (AvgIpc) is 2.26. The molecule has 0 aromatic carbocycles. The largest absolute Gasteiger partial charge is 0.374 e. The number of ether oxygens (including phenoxy) is 1. The van der Waals surface area contributed by atoms with Crippen LogP contribution in [0.15, 0.2) is 0 Å². The maximum Gasteiger partial charge on any atom is 0.0827 e. The number of rotatable bonds is 7. The summed E-state index contributed by atoms with van der Waals surface area (Å²) in [6.07, 6.45) is 3.73. The molecule has 0 aliphatic rings. The Bertz CT molecular complexity index is 210. The fraction of sp³-hybridized carbons (Fsp3) is 0.846. The van der Waals surface area contributed by atoms with E-state index in [0.717, 1.165) is 32.3 Å². The highest BCUT2D eigenvalue weighted by molar-refractivity contribution is 4.98. The van der Waals surface area contributed by atoms with Gasteiger partial charge in [0.25, 0.3) is 0 Å². The monoisotopic (exact) mass is 211 g/mol. The molecule has 2 N–H and O–H groups in total. The summed E-state index contributed by atoms with van der Waals surface area (Å²) in [6, 6.07) is 0.0910. The van der Waals surface area contributed by atoms with Gasteiger partial charge < -0.3 is 10.5 Å². The Labute approximate surface area is 94.6 Å². The lowest BCUT2D eigenvalue weighted by Gasteiger charge is -2.37. The normalized spacial score (nSPS) is 13.1. The van der Waals surface area contributed by atoms with E-state index in [0.29, 0.717) is 0 Å². The second-order valence-electron chi connectivity index (χ2n) is 3.78. The molecule has 0 saturated carbocycles. The highest BCUT2D eigenvalue weighted by Crippen LogP contribution is 2.26. The van der Waals surface area contributed by atoms with Crippen molar-refractivity contribution in [3.8, 4) is 11.8 Å². The Morgan fingerprint density at radius 1 is 1.27 bits per heavy atom. The van der Waals surface area contributed by atoms with E-state index in [1.807, 2.05) is 13.8 Å². The fourth-order valence-electron chi connectivity index (χ4n) is 1.99. The van der Waals surface area contributed by atoms with Crippen LogP contribution in [-0.4, -0.2) is 18.2 Å². The Hall–Kier alpha value is -0.520. The molecule has 0 bridgehead atoms. The fourth-order valence-corrected chi connectivity index (χ4v) is 1.99. The van der Waals surface area contributed by atoms with Gasteiger partial charge in [-0.1, -0.05) is 13.8 Å². The van der Waals surface area contributed by atoms with Gasteiger partial charge in [-0.15, -0.1) is 11.8 Å². The van der Waals surface area contributed by atoms with Crippen molar-refractivity contribution in [3.05, 3.63) is 0 Å². The molecule has 0 saturated heterocycles. The Balaban J connectivity index is 4.36. The predicted octanol–water partition coefficient (Wildman–Crippen LogP) is 2.71. The van der Waals surface area contributed by atoms with E-state index in [-0.39, 0.29) is 11.6 Å². The lowest BCUT2D eigenvalue weighted by atomic mass is 9.86. The summed E-state index contributed by atoms with van der Waals surface area (Å²) in [5.41, 5.74) is 6.06. The van der Waals surface area contributed by atoms with Crippen LogP contribution in [0.5, 0.6) is 0 Å². The summed E-state index contributed by atoms with van der Waals surface area (Å²) < 4.78 is 5.85. The summed E-state index contributed by atoms with van der Waals surface area (Å²) in [6.45, 7) is 8.91. The van der Waals surface area contributed by atoms with Crippen LogP contribution < -0.4 is 5.73 Å². The first kappa shape index (κ1) is 14.5. The van der Waals surface area contributed by atoms with Crippen molar-refractivity contribution in [2.75, 3.05) is 6.61 Å². The number of nitrogens with two attached hydrogens (primary N) is 1. The molecular weight excluding hydrogens is 186 g/mol. The van der Waals surface area contributed by atoms with Gasteiger partial charge in [0.15, 0.2) is 0 Å². The minimum Gasteiger partial charge on any atom is -0.374 e. The quantitative estimate of drug-likeness (QED) is 0.657. The number of hydrogen-bond donors (Lipinski definition) is 1. The Morgan fingerprint density at radius 2 is 1.87 bits per heavy atom. The minimum atomic E-state index is -0.149. The van der Waals surface area contributed by atoms with Crippen molar-refractivity contribution in [1.29, 1.82) is 0 Å². The highest BCUT2D eigenvalue weighted by atomic mass is 16.5. The first-order valence-electron chi connectivity index (χ1n) is 5.96. The molecule has 0 aliphatic carbocycles. The van der Waals surface area contributed by atoms with Crippen molar-refractivity contribution in [3.63, 3.8) is 0 Å². The maximum absolute atomic E-state index is 6.21. The van der Waals surface area contributed by atoms with Gasteiger partial charge in [-0.2, -0.15) is 0 Å². The second kappa shape index (κ2) is 7.73. The van der Waals surface area contributed by atoms with Gasteiger partial charge >= 0.3 is 0 Å². The molecule has 0 rings (SSSR count). The minimum absolute atomic E-state index is 0.0910. The maximum atomic E-state index is 6.21. The second-order valence-corrected chi connectivity index (χ2v) is 3.78. The molecule has 0 aromatic rings. The van der Waals surface area contributed by atoms with Crippen molar-refractivity contribution in [1.82, 2.24) is 0 Å². The summed E-state index contributed by atoms with van der Waals surface area (Å²) in [4.78, 5) is 0. The lowest BCUT2D eigenvalue weighted by Crippen LogP contribution is -2.49. The topological polar surface area (TPSA) is 35.2 Å². The van der Waals surface area contributed by atoms with Crippen molar-refractivity contribution in [2.24, 2.45) is 5.73 Å². The molecule has 15 heavy (non-hydrogen) atoms. The molecule has 0 amide bonds. The SMILES string of the molecule is CC#CCCC(N)C(CC)(CC)OCC. The smallest absolute Gasteiger partial charge is 0.0827 e. The molecule has 1 atom stereocenters. The Kier molecular flexibility index (Phi) is 7.46. The molecule has 0 aliphatic heterocycles. The van der Waals surface area contributed by atoms with Gasteiger partial charge in [-0.05, 0) is 33.1 Å². The molecule has 2 heteroatoms. The first-order valence-corrected chi connectivity index (χ1v) is 5.96. The molecule has 0 radical (unpaired) electrons. The van der Waals surface area contributed by atoms with Crippen LogP contribution in [0.4, 0.5) is 0 Å². The van der Waals surface area contributed by atoms with Crippen molar-refractivity contribution >= 4 is 0 Å². The zero-order chi connectivity index (χ0) is 11.7. The van der Waals surface area contributed by atoms with Crippen LogP contribution in [0, 0.1) is 11.8 Å². The van der Waals surface area contributed by atoms with Crippen LogP contribution in [0.2, 0.25) is 0 Å². The molecule has 0 spiro atoms. The third kappa shape index (κ3) is 4.24. The summed E-state index contributed by atoms with van der Waals surface area (Å²) in [5.74, 6) is 5.95. The molecule has 2 nitrogen and oxygen atoms in total. The van der Waals surface area contributed by atoms with Crippen LogP contribution in [0.25, 0.3) is 0 Å². The van der Waals surface area contributed by atoms with Gasteiger partial charge in [-0.3, -0.25) is 0 Å². The summed E-state index contributed by atoms with van der Waals surface area (Å²) in [7, 11) is 0. The van der Waals surface area contributed by atoms with Crippen molar-refractivity contribution < 1.29 is 4.74 Å². The van der Waals surface area contributed by atoms with Crippen LogP contribution >= 0.6 is 0 Å². The zero-order valence-electron chi connectivity index (χ0n) is 10.6. The van der Waals surface area contributed by atoms with E-state index in [4.69, 9.17) is 10.5 Å². The van der Waals surface area contributed by atoms with Crippen molar-refractivity contribution in [2.45, 2.75) is 65.0 Å². The lowest BCUT2D eigenvalue weighted by molar-refractivity contribution is -0.0647. The van der Waals surface area contributed by atoms with E-state index in [2.05, 4.69) is 25.7 Å². The zero-order valence-corrected chi connectivity index (χ0v) is 10.6. The summed E-state index contributed by atoms with van der Waals surface area (Å²) in [5, 5.41) is 0. The van der Waals surface area contributed by atoms with E-state index in [1.165, 1.54) is 0 Å². The molecule has 0 fully saturated rings. The van der Waals surface area contributed by atoms with Gasteiger partial charge in [0.2, 0.25) is 0 Å². The van der Waals surface area contributed by atoms with Gasteiger partial charge in [0.1, 0.15) is 0 Å². The standard InChI is InChI=1S/C13H25NO/c1-5-9-10-11-12(14)13(6-2,7-3)15-8-4/h12H,6-8,10-11,14H2,1-4H3. The molecular formula is C13H25NO. The van der Waals surface area contributed by atoms with Gasteiger partial charge in [0, 0.05) is 19.1 Å². The molecule has 1 unspecified atom stereocenters. The van der Waals surface area contributed by atoms with E-state index in [1.54, 1.807) is 0 Å². The molecule has 88 valence electrons. The van der Waals surface area contributed by atoms with Gasteiger partial charge in [-0.25, -0.2) is 0 Å². The van der Waals surface area contributed by atoms with Gasteiger partial charge in [0.05, 0.1) is 5.60 Å².